The minimum absolute atomic E-state index is 0.242. The number of hydrogen-bond acceptors (Lipinski definition) is 4. The summed E-state index contributed by atoms with van der Waals surface area (Å²) in [6.45, 7) is 2.60. The Balaban J connectivity index is 1.40. The van der Waals surface area contributed by atoms with Gasteiger partial charge in [0.05, 0.1) is 11.4 Å². The zero-order valence-corrected chi connectivity index (χ0v) is 18.9. The maximum absolute atomic E-state index is 12.6. The first-order valence-corrected chi connectivity index (χ1v) is 11.1. The molecule has 7 heteroatoms. The van der Waals surface area contributed by atoms with E-state index < -0.39 is 0 Å². The zero-order chi connectivity index (χ0) is 22.3. The van der Waals surface area contributed by atoms with E-state index >= 15 is 0 Å². The Morgan fingerprint density at radius 3 is 2.69 bits per heavy atom. The second kappa shape index (κ2) is 10.6. The topological polar surface area (TPSA) is 58.1 Å². The lowest BCUT2D eigenvalue weighted by molar-refractivity contribution is 0.102. The first kappa shape index (κ1) is 22.2. The molecular formula is C25H22Cl2N4O. The molecule has 1 aromatic carbocycles. The molecule has 1 amide bonds. The number of pyridine rings is 2. The van der Waals surface area contributed by atoms with Crippen molar-refractivity contribution in [1.29, 1.82) is 0 Å². The molecule has 0 saturated carbocycles. The number of rotatable bonds is 6. The van der Waals surface area contributed by atoms with Gasteiger partial charge in [0.15, 0.2) is 0 Å². The molecule has 0 unspecified atom stereocenters. The fraction of sp³-hybridized carbons (Fsp3) is 0.160. The Kier molecular flexibility index (Phi) is 7.32. The summed E-state index contributed by atoms with van der Waals surface area (Å²) in [5, 5.41) is 3.98. The Hall–Kier alpha value is -2.99. The number of nitrogens with one attached hydrogen (secondary N) is 1. The van der Waals surface area contributed by atoms with E-state index in [-0.39, 0.29) is 11.1 Å². The summed E-state index contributed by atoms with van der Waals surface area (Å²) in [4.78, 5) is 23.5. The molecule has 1 aliphatic heterocycles. The van der Waals surface area contributed by atoms with E-state index in [0.29, 0.717) is 11.3 Å². The van der Waals surface area contributed by atoms with Gasteiger partial charge in [0.2, 0.25) is 0 Å². The number of halogens is 2. The summed E-state index contributed by atoms with van der Waals surface area (Å²) in [5.74, 6) is -0.242. The van der Waals surface area contributed by atoms with Crippen LogP contribution in [0.3, 0.4) is 0 Å². The van der Waals surface area contributed by atoms with Crippen molar-refractivity contribution in [3.8, 4) is 0 Å². The lowest BCUT2D eigenvalue weighted by Gasteiger charge is -2.25. The third kappa shape index (κ3) is 5.82. The second-order valence-corrected chi connectivity index (χ2v) is 8.24. The van der Waals surface area contributed by atoms with Crippen molar-refractivity contribution in [2.45, 2.75) is 6.42 Å². The van der Waals surface area contributed by atoms with Crippen LogP contribution < -0.4 is 5.32 Å². The van der Waals surface area contributed by atoms with Crippen LogP contribution in [0.2, 0.25) is 10.2 Å². The normalized spacial score (nSPS) is 14.4. The molecule has 0 radical (unpaired) electrons. The molecule has 1 aliphatic rings. The molecule has 3 aromatic rings. The van der Waals surface area contributed by atoms with Crippen LogP contribution in [-0.2, 0) is 0 Å². The highest BCUT2D eigenvalue weighted by Gasteiger charge is 2.17. The molecule has 0 spiro atoms. The van der Waals surface area contributed by atoms with Gasteiger partial charge < -0.3 is 5.32 Å². The van der Waals surface area contributed by atoms with E-state index in [1.807, 2.05) is 36.4 Å². The van der Waals surface area contributed by atoms with Gasteiger partial charge in [-0.15, -0.1) is 0 Å². The van der Waals surface area contributed by atoms with Gasteiger partial charge in [-0.05, 0) is 54.0 Å². The molecular weight excluding hydrogens is 443 g/mol. The molecule has 0 atom stereocenters. The van der Waals surface area contributed by atoms with Crippen molar-refractivity contribution >= 4 is 46.4 Å². The second-order valence-electron chi connectivity index (χ2n) is 7.41. The van der Waals surface area contributed by atoms with Crippen LogP contribution in [0.25, 0.3) is 11.6 Å². The van der Waals surface area contributed by atoms with Crippen molar-refractivity contribution in [2.24, 2.45) is 0 Å². The highest BCUT2D eigenvalue weighted by atomic mass is 35.5. The molecule has 0 saturated heterocycles. The molecule has 0 fully saturated rings. The standard InChI is InChI=1S/C25H22Cl2N4O/c26-21-7-5-18(6-8-21)3-2-14-31-15-10-19(11-16-31)24-22(4-1-12-29-24)30-25(32)20-9-13-28-23(27)17-20/h1-10,12-13,17H,11,14-16H2,(H,30,32)/b3-2+. The van der Waals surface area contributed by atoms with E-state index in [1.165, 1.54) is 6.20 Å². The van der Waals surface area contributed by atoms with Crippen LogP contribution in [0.15, 0.2) is 73.1 Å². The predicted octanol–water partition coefficient (Wildman–Crippen LogP) is 5.84. The van der Waals surface area contributed by atoms with Crippen molar-refractivity contribution < 1.29 is 4.79 Å². The Morgan fingerprint density at radius 1 is 1.09 bits per heavy atom. The first-order chi connectivity index (χ1) is 15.6. The van der Waals surface area contributed by atoms with Gasteiger partial charge in [0.25, 0.3) is 5.91 Å². The lowest BCUT2D eigenvalue weighted by Crippen LogP contribution is -2.29. The number of hydrogen-bond donors (Lipinski definition) is 1. The van der Waals surface area contributed by atoms with Crippen LogP contribution in [-0.4, -0.2) is 40.4 Å². The van der Waals surface area contributed by atoms with Gasteiger partial charge in [-0.3, -0.25) is 14.7 Å². The molecule has 162 valence electrons. The summed E-state index contributed by atoms with van der Waals surface area (Å²) in [5.41, 5.74) is 4.21. The van der Waals surface area contributed by atoms with Crippen LogP contribution in [0.1, 0.15) is 28.0 Å². The van der Waals surface area contributed by atoms with E-state index in [4.69, 9.17) is 23.2 Å². The summed E-state index contributed by atoms with van der Waals surface area (Å²) < 4.78 is 0. The summed E-state index contributed by atoms with van der Waals surface area (Å²) in [6.07, 6.45) is 10.6. The number of nitrogens with zero attached hydrogens (tertiary/aromatic N) is 3. The molecule has 4 rings (SSSR count). The van der Waals surface area contributed by atoms with Gasteiger partial charge in [-0.25, -0.2) is 4.98 Å². The zero-order valence-electron chi connectivity index (χ0n) is 17.3. The Morgan fingerprint density at radius 2 is 1.94 bits per heavy atom. The Bertz CT molecular complexity index is 1160. The van der Waals surface area contributed by atoms with Gasteiger partial charge in [-0.1, -0.05) is 53.6 Å². The van der Waals surface area contributed by atoms with Crippen LogP contribution in [0, 0.1) is 0 Å². The molecule has 32 heavy (non-hydrogen) atoms. The smallest absolute Gasteiger partial charge is 0.255 e. The van der Waals surface area contributed by atoms with E-state index in [0.717, 1.165) is 47.9 Å². The van der Waals surface area contributed by atoms with Crippen molar-refractivity contribution in [2.75, 3.05) is 25.0 Å². The van der Waals surface area contributed by atoms with E-state index in [1.54, 1.807) is 18.3 Å². The third-order valence-corrected chi connectivity index (χ3v) is 5.64. The maximum atomic E-state index is 12.6. The van der Waals surface area contributed by atoms with Crippen molar-refractivity contribution in [3.63, 3.8) is 0 Å². The summed E-state index contributed by atoms with van der Waals surface area (Å²) >= 11 is 11.8. The quantitative estimate of drug-likeness (QED) is 0.465. The van der Waals surface area contributed by atoms with E-state index in [2.05, 4.69) is 38.4 Å². The monoisotopic (exact) mass is 464 g/mol. The third-order valence-electron chi connectivity index (χ3n) is 5.19. The van der Waals surface area contributed by atoms with Crippen molar-refractivity contribution in [1.82, 2.24) is 14.9 Å². The average molecular weight is 465 g/mol. The number of carbonyl (C=O) groups excluding carboxylic acids is 1. The molecule has 1 N–H and O–H groups in total. The van der Waals surface area contributed by atoms with Gasteiger partial charge in [0, 0.05) is 42.6 Å². The fourth-order valence-corrected chi connectivity index (χ4v) is 3.80. The fourth-order valence-electron chi connectivity index (χ4n) is 3.50. The molecule has 3 heterocycles. The Labute approximate surface area is 197 Å². The maximum Gasteiger partial charge on any atom is 0.255 e. The predicted molar refractivity (Wildman–Crippen MR) is 131 cm³/mol. The minimum atomic E-state index is -0.242. The van der Waals surface area contributed by atoms with Crippen LogP contribution in [0.4, 0.5) is 5.69 Å². The van der Waals surface area contributed by atoms with Gasteiger partial charge in [-0.2, -0.15) is 0 Å². The highest BCUT2D eigenvalue weighted by molar-refractivity contribution is 6.30. The lowest BCUT2D eigenvalue weighted by atomic mass is 10.0. The van der Waals surface area contributed by atoms with Crippen molar-refractivity contribution in [3.05, 3.63) is 100 Å². The number of amides is 1. The average Bonchev–Trinajstić information content (AvgIpc) is 2.81. The summed E-state index contributed by atoms with van der Waals surface area (Å²) in [7, 11) is 0. The number of carbonyl (C=O) groups is 1. The molecule has 5 nitrogen and oxygen atoms in total. The number of aromatic nitrogens is 2. The van der Waals surface area contributed by atoms with E-state index in [9.17, 15) is 4.79 Å². The van der Waals surface area contributed by atoms with Crippen LogP contribution in [0.5, 0.6) is 0 Å². The molecule has 0 aliphatic carbocycles. The van der Waals surface area contributed by atoms with Gasteiger partial charge >= 0.3 is 0 Å². The van der Waals surface area contributed by atoms with Gasteiger partial charge in [0.1, 0.15) is 5.15 Å². The number of anilines is 1. The largest absolute Gasteiger partial charge is 0.320 e. The molecule has 2 aromatic heterocycles. The summed E-state index contributed by atoms with van der Waals surface area (Å²) in [6, 6.07) is 14.6. The SMILES string of the molecule is O=C(Nc1cccnc1C1=CCN(C/C=C/c2ccc(Cl)cc2)CC1)c1ccnc(Cl)c1. The van der Waals surface area contributed by atoms with Crippen LogP contribution >= 0.6 is 23.2 Å². The molecule has 0 bridgehead atoms. The number of benzene rings is 1. The highest BCUT2D eigenvalue weighted by Crippen LogP contribution is 2.27. The first-order valence-electron chi connectivity index (χ1n) is 10.3. The minimum Gasteiger partial charge on any atom is -0.320 e.